The third-order valence-electron chi connectivity index (χ3n) is 3.72. The monoisotopic (exact) mass is 384 g/mol. The maximum Gasteiger partial charge on any atom is 0.229 e. The molecule has 2 amide bonds. The third kappa shape index (κ3) is 3.47. The number of carbonyl (C=O) groups is 2. The summed E-state index contributed by atoms with van der Waals surface area (Å²) in [7, 11) is 0. The van der Waals surface area contributed by atoms with Gasteiger partial charge >= 0.3 is 0 Å². The molecular weight excluding hydrogens is 372 g/mol. The minimum atomic E-state index is -0.148. The van der Waals surface area contributed by atoms with E-state index < -0.39 is 0 Å². The molecule has 0 spiro atoms. The van der Waals surface area contributed by atoms with Crippen molar-refractivity contribution in [2.75, 3.05) is 0 Å². The van der Waals surface area contributed by atoms with Crippen LogP contribution in [0.2, 0.25) is 0 Å². The number of carbonyl (C=O) groups excluding carboxylic acids is 2. The first-order valence-corrected chi connectivity index (χ1v) is 8.16. The Morgan fingerprint density at radius 1 is 1.04 bits per heavy atom. The highest BCUT2D eigenvalue weighted by Crippen LogP contribution is 2.29. The molecule has 1 saturated heterocycles. The first-order chi connectivity index (χ1) is 11.6. The molecule has 0 N–H and O–H groups in total. The molecule has 24 heavy (non-hydrogen) atoms. The van der Waals surface area contributed by atoms with Crippen molar-refractivity contribution in [3.63, 3.8) is 0 Å². The lowest BCUT2D eigenvalue weighted by molar-refractivity contribution is -0.139. The zero-order valence-electron chi connectivity index (χ0n) is 12.7. The summed E-state index contributed by atoms with van der Waals surface area (Å²) in [6, 6.07) is 14.2. The molecule has 0 aromatic heterocycles. The second kappa shape index (κ2) is 6.85. The number of nitrogens with zero attached hydrogens (tertiary/aromatic N) is 2. The van der Waals surface area contributed by atoms with Gasteiger partial charge in [-0.3, -0.25) is 14.5 Å². The Morgan fingerprint density at radius 2 is 1.67 bits per heavy atom. The van der Waals surface area contributed by atoms with E-state index in [0.717, 1.165) is 10.0 Å². The first kappa shape index (κ1) is 16.2. The molecule has 6 heteroatoms. The van der Waals surface area contributed by atoms with Crippen LogP contribution in [0.3, 0.4) is 0 Å². The second-order valence-electron chi connectivity index (χ2n) is 5.37. The van der Waals surface area contributed by atoms with Gasteiger partial charge in [0.2, 0.25) is 11.8 Å². The van der Waals surface area contributed by atoms with E-state index in [9.17, 15) is 9.59 Å². The molecule has 1 aliphatic rings. The summed E-state index contributed by atoms with van der Waals surface area (Å²) in [5, 5.41) is 8.81. The smallest absolute Gasteiger partial charge is 0.229 e. The van der Waals surface area contributed by atoms with E-state index in [-0.39, 0.29) is 31.2 Å². The van der Waals surface area contributed by atoms with Gasteiger partial charge in [0.25, 0.3) is 0 Å². The Kier molecular flexibility index (Phi) is 4.63. The average molecular weight is 385 g/mol. The van der Waals surface area contributed by atoms with Gasteiger partial charge in [-0.05, 0) is 48.0 Å². The number of nitriles is 1. The van der Waals surface area contributed by atoms with Crippen LogP contribution in [-0.2, 0) is 16.1 Å². The Labute approximate surface area is 147 Å². The fraction of sp³-hybridized carbons (Fsp3) is 0.167. The molecule has 120 valence electrons. The SMILES string of the molecule is N#Cc1ccc(Oc2ccc(Br)c(CN3C(=O)CCC3=O)c2)cc1. The Morgan fingerprint density at radius 3 is 2.29 bits per heavy atom. The van der Waals surface area contributed by atoms with Gasteiger partial charge in [0, 0.05) is 17.3 Å². The lowest BCUT2D eigenvalue weighted by atomic mass is 10.2. The topological polar surface area (TPSA) is 70.4 Å². The van der Waals surface area contributed by atoms with Crippen molar-refractivity contribution in [2.24, 2.45) is 0 Å². The molecule has 1 heterocycles. The lowest BCUT2D eigenvalue weighted by Crippen LogP contribution is -2.28. The number of rotatable bonds is 4. The zero-order chi connectivity index (χ0) is 17.1. The van der Waals surface area contributed by atoms with E-state index in [0.29, 0.717) is 17.1 Å². The Hall–Kier alpha value is -2.65. The van der Waals surface area contributed by atoms with Crippen molar-refractivity contribution in [3.05, 3.63) is 58.1 Å². The van der Waals surface area contributed by atoms with E-state index in [4.69, 9.17) is 10.00 Å². The van der Waals surface area contributed by atoms with Crippen LogP contribution in [0.1, 0.15) is 24.0 Å². The molecular formula is C18H13BrN2O3. The minimum Gasteiger partial charge on any atom is -0.457 e. The normalized spacial score (nSPS) is 13.9. The van der Waals surface area contributed by atoms with Crippen LogP contribution < -0.4 is 4.74 Å². The molecule has 0 saturated carbocycles. The van der Waals surface area contributed by atoms with Crippen molar-refractivity contribution >= 4 is 27.7 Å². The van der Waals surface area contributed by atoms with E-state index in [1.807, 2.05) is 6.07 Å². The average Bonchev–Trinajstić information content (AvgIpc) is 2.90. The van der Waals surface area contributed by atoms with E-state index in [1.165, 1.54) is 4.90 Å². The van der Waals surface area contributed by atoms with Crippen molar-refractivity contribution in [1.29, 1.82) is 5.26 Å². The standard InChI is InChI=1S/C18H13BrN2O3/c19-16-6-5-15(24-14-3-1-12(10-20)2-4-14)9-13(16)11-21-17(22)7-8-18(21)23/h1-6,9H,7-8,11H2. The molecule has 2 aromatic rings. The molecule has 0 bridgehead atoms. The molecule has 2 aromatic carbocycles. The van der Waals surface area contributed by atoms with Crippen LogP contribution in [0.4, 0.5) is 0 Å². The summed E-state index contributed by atoms with van der Waals surface area (Å²) in [6.45, 7) is 0.225. The van der Waals surface area contributed by atoms with Gasteiger partial charge in [-0.2, -0.15) is 5.26 Å². The minimum absolute atomic E-state index is 0.148. The molecule has 0 radical (unpaired) electrons. The highest BCUT2D eigenvalue weighted by Gasteiger charge is 2.29. The van der Waals surface area contributed by atoms with Crippen LogP contribution in [0.5, 0.6) is 11.5 Å². The van der Waals surface area contributed by atoms with E-state index in [2.05, 4.69) is 22.0 Å². The van der Waals surface area contributed by atoms with Crippen LogP contribution in [0, 0.1) is 11.3 Å². The number of imide groups is 1. The van der Waals surface area contributed by atoms with Crippen LogP contribution >= 0.6 is 15.9 Å². The van der Waals surface area contributed by atoms with E-state index in [1.54, 1.807) is 36.4 Å². The van der Waals surface area contributed by atoms with Gasteiger partial charge in [0.15, 0.2) is 0 Å². The highest BCUT2D eigenvalue weighted by molar-refractivity contribution is 9.10. The zero-order valence-corrected chi connectivity index (χ0v) is 14.2. The van der Waals surface area contributed by atoms with Gasteiger partial charge in [-0.25, -0.2) is 0 Å². The van der Waals surface area contributed by atoms with Crippen molar-refractivity contribution in [3.8, 4) is 17.6 Å². The van der Waals surface area contributed by atoms with Crippen molar-refractivity contribution in [2.45, 2.75) is 19.4 Å². The Balaban J connectivity index is 1.79. The summed E-state index contributed by atoms with van der Waals surface area (Å²) in [4.78, 5) is 24.8. The number of hydrogen-bond donors (Lipinski definition) is 0. The molecule has 0 aliphatic carbocycles. The summed E-state index contributed by atoms with van der Waals surface area (Å²) in [5.41, 5.74) is 1.36. The summed E-state index contributed by atoms with van der Waals surface area (Å²) in [6.07, 6.45) is 0.551. The molecule has 1 fully saturated rings. The fourth-order valence-electron chi connectivity index (χ4n) is 2.44. The number of amides is 2. The predicted octanol–water partition coefficient (Wildman–Crippen LogP) is 3.76. The first-order valence-electron chi connectivity index (χ1n) is 7.36. The summed E-state index contributed by atoms with van der Waals surface area (Å²) >= 11 is 3.44. The number of hydrogen-bond acceptors (Lipinski definition) is 4. The number of benzene rings is 2. The molecule has 0 atom stereocenters. The van der Waals surface area contributed by atoms with E-state index >= 15 is 0 Å². The number of halogens is 1. The number of ether oxygens (including phenoxy) is 1. The molecule has 0 unspecified atom stereocenters. The summed E-state index contributed by atoms with van der Waals surface area (Å²) in [5.74, 6) is 0.906. The van der Waals surface area contributed by atoms with Crippen LogP contribution in [0.25, 0.3) is 0 Å². The van der Waals surface area contributed by atoms with Crippen molar-refractivity contribution in [1.82, 2.24) is 4.90 Å². The van der Waals surface area contributed by atoms with Gasteiger partial charge in [0.05, 0.1) is 18.2 Å². The number of likely N-dealkylation sites (tertiary alicyclic amines) is 1. The third-order valence-corrected chi connectivity index (χ3v) is 4.49. The van der Waals surface area contributed by atoms with Gasteiger partial charge in [0.1, 0.15) is 11.5 Å². The predicted molar refractivity (Wildman–Crippen MR) is 90.2 cm³/mol. The van der Waals surface area contributed by atoms with Gasteiger partial charge < -0.3 is 4.74 Å². The maximum absolute atomic E-state index is 11.8. The molecule has 5 nitrogen and oxygen atoms in total. The highest BCUT2D eigenvalue weighted by atomic mass is 79.9. The van der Waals surface area contributed by atoms with Crippen LogP contribution in [0.15, 0.2) is 46.9 Å². The maximum atomic E-state index is 11.8. The quantitative estimate of drug-likeness (QED) is 0.752. The Bertz CT molecular complexity index is 824. The summed E-state index contributed by atoms with van der Waals surface area (Å²) < 4.78 is 6.58. The molecule has 3 rings (SSSR count). The fourth-order valence-corrected chi connectivity index (χ4v) is 2.81. The van der Waals surface area contributed by atoms with Gasteiger partial charge in [-0.1, -0.05) is 15.9 Å². The lowest BCUT2D eigenvalue weighted by Gasteiger charge is -2.16. The van der Waals surface area contributed by atoms with Crippen LogP contribution in [-0.4, -0.2) is 16.7 Å². The molecule has 1 aliphatic heterocycles. The van der Waals surface area contributed by atoms with Crippen molar-refractivity contribution < 1.29 is 14.3 Å². The second-order valence-corrected chi connectivity index (χ2v) is 6.22. The largest absolute Gasteiger partial charge is 0.457 e. The van der Waals surface area contributed by atoms with Gasteiger partial charge in [-0.15, -0.1) is 0 Å².